The smallest absolute Gasteiger partial charge is 0.379 e. The summed E-state index contributed by atoms with van der Waals surface area (Å²) in [4.78, 5) is 14.3. The third kappa shape index (κ3) is 5.89. The van der Waals surface area contributed by atoms with Crippen LogP contribution in [0, 0.1) is 5.92 Å². The number of urea groups is 1. The third-order valence-electron chi connectivity index (χ3n) is 4.20. The third-order valence-corrected chi connectivity index (χ3v) is 4.20. The Morgan fingerprint density at radius 3 is 2.56 bits per heavy atom. The van der Waals surface area contributed by atoms with Gasteiger partial charge < -0.3 is 15.4 Å². The highest BCUT2D eigenvalue weighted by atomic mass is 19.4. The van der Waals surface area contributed by atoms with Gasteiger partial charge in [0.05, 0.1) is 18.8 Å². The fraction of sp³-hybridized carbons (Fsp3) is 0.588. The predicted molar refractivity (Wildman–Crippen MR) is 89.5 cm³/mol. The first-order valence-corrected chi connectivity index (χ1v) is 8.31. The van der Waals surface area contributed by atoms with Crippen LogP contribution in [-0.4, -0.2) is 49.8 Å². The molecule has 0 spiro atoms. The van der Waals surface area contributed by atoms with Gasteiger partial charge in [0.2, 0.25) is 0 Å². The van der Waals surface area contributed by atoms with Gasteiger partial charge in [0, 0.05) is 31.4 Å². The molecular formula is C17H24F3N3O2. The minimum Gasteiger partial charge on any atom is -0.379 e. The molecule has 1 atom stereocenters. The Balaban J connectivity index is 1.90. The summed E-state index contributed by atoms with van der Waals surface area (Å²) in [5, 5.41) is 5.21. The van der Waals surface area contributed by atoms with Crippen molar-refractivity contribution in [1.29, 1.82) is 0 Å². The minimum atomic E-state index is -4.44. The first-order chi connectivity index (χ1) is 11.8. The van der Waals surface area contributed by atoms with Gasteiger partial charge in [0.15, 0.2) is 0 Å². The number of amides is 2. The molecule has 1 aromatic rings. The Kier molecular flexibility index (Phi) is 6.66. The van der Waals surface area contributed by atoms with E-state index in [0.717, 1.165) is 25.2 Å². The van der Waals surface area contributed by atoms with E-state index in [2.05, 4.69) is 29.4 Å². The van der Waals surface area contributed by atoms with Crippen molar-refractivity contribution in [1.82, 2.24) is 10.2 Å². The lowest BCUT2D eigenvalue weighted by Gasteiger charge is -2.36. The van der Waals surface area contributed by atoms with Crippen molar-refractivity contribution in [3.63, 3.8) is 0 Å². The molecule has 0 aromatic heterocycles. The zero-order valence-corrected chi connectivity index (χ0v) is 14.4. The van der Waals surface area contributed by atoms with E-state index in [1.165, 1.54) is 12.1 Å². The van der Waals surface area contributed by atoms with Crippen LogP contribution in [0.15, 0.2) is 24.3 Å². The SMILES string of the molecule is CC(C)C(CNC(=O)Nc1cccc(C(F)(F)F)c1)N1CCOCC1. The number of hydrogen-bond donors (Lipinski definition) is 2. The van der Waals surface area contributed by atoms with Gasteiger partial charge >= 0.3 is 12.2 Å². The van der Waals surface area contributed by atoms with Gasteiger partial charge in [-0.2, -0.15) is 13.2 Å². The van der Waals surface area contributed by atoms with Crippen LogP contribution >= 0.6 is 0 Å². The Morgan fingerprint density at radius 1 is 1.28 bits per heavy atom. The number of hydrogen-bond acceptors (Lipinski definition) is 3. The molecule has 140 valence electrons. The molecule has 5 nitrogen and oxygen atoms in total. The predicted octanol–water partition coefficient (Wildman–Crippen LogP) is 3.18. The summed E-state index contributed by atoms with van der Waals surface area (Å²) >= 11 is 0. The number of carbonyl (C=O) groups excluding carboxylic acids is 1. The average molecular weight is 359 g/mol. The van der Waals surface area contributed by atoms with E-state index in [9.17, 15) is 18.0 Å². The monoisotopic (exact) mass is 359 g/mol. The lowest BCUT2D eigenvalue weighted by Crippen LogP contribution is -2.51. The molecule has 0 radical (unpaired) electrons. The molecule has 2 amide bonds. The van der Waals surface area contributed by atoms with Gasteiger partial charge in [0.1, 0.15) is 0 Å². The number of alkyl halides is 3. The topological polar surface area (TPSA) is 53.6 Å². The van der Waals surface area contributed by atoms with Crippen molar-refractivity contribution in [2.24, 2.45) is 5.92 Å². The van der Waals surface area contributed by atoms with E-state index in [4.69, 9.17) is 4.74 Å². The second kappa shape index (κ2) is 8.53. The summed E-state index contributed by atoms with van der Waals surface area (Å²) in [7, 11) is 0. The summed E-state index contributed by atoms with van der Waals surface area (Å²) in [6, 6.07) is 4.21. The zero-order chi connectivity index (χ0) is 18.4. The highest BCUT2D eigenvalue weighted by molar-refractivity contribution is 5.89. The second-order valence-electron chi connectivity index (χ2n) is 6.37. The molecule has 25 heavy (non-hydrogen) atoms. The number of carbonyl (C=O) groups is 1. The Labute approximate surface area is 145 Å². The number of halogens is 3. The molecule has 0 saturated carbocycles. The van der Waals surface area contributed by atoms with Gasteiger partial charge in [-0.25, -0.2) is 4.79 Å². The van der Waals surface area contributed by atoms with Crippen molar-refractivity contribution in [2.75, 3.05) is 38.2 Å². The Bertz CT molecular complexity index is 573. The molecular weight excluding hydrogens is 335 g/mol. The fourth-order valence-electron chi connectivity index (χ4n) is 2.84. The molecule has 1 saturated heterocycles. The van der Waals surface area contributed by atoms with E-state index in [-0.39, 0.29) is 11.7 Å². The second-order valence-corrected chi connectivity index (χ2v) is 6.37. The van der Waals surface area contributed by atoms with Crippen LogP contribution in [-0.2, 0) is 10.9 Å². The highest BCUT2D eigenvalue weighted by Crippen LogP contribution is 2.30. The van der Waals surface area contributed by atoms with Gasteiger partial charge in [-0.3, -0.25) is 4.90 Å². The van der Waals surface area contributed by atoms with Gasteiger partial charge in [-0.05, 0) is 24.1 Å². The van der Waals surface area contributed by atoms with Crippen molar-refractivity contribution < 1.29 is 22.7 Å². The van der Waals surface area contributed by atoms with Crippen LogP contribution in [0.3, 0.4) is 0 Å². The number of rotatable bonds is 5. The van der Waals surface area contributed by atoms with Crippen LogP contribution in [0.4, 0.5) is 23.7 Å². The molecule has 1 unspecified atom stereocenters. The van der Waals surface area contributed by atoms with E-state index < -0.39 is 17.8 Å². The molecule has 2 rings (SSSR count). The van der Waals surface area contributed by atoms with E-state index in [1.807, 2.05) is 0 Å². The lowest BCUT2D eigenvalue weighted by molar-refractivity contribution is -0.137. The Morgan fingerprint density at radius 2 is 1.96 bits per heavy atom. The Hall–Kier alpha value is -1.80. The quantitative estimate of drug-likeness (QED) is 0.849. The largest absolute Gasteiger partial charge is 0.416 e. The summed E-state index contributed by atoms with van der Waals surface area (Å²) in [5.74, 6) is 0.326. The highest BCUT2D eigenvalue weighted by Gasteiger charge is 2.30. The molecule has 8 heteroatoms. The first-order valence-electron chi connectivity index (χ1n) is 8.31. The first kappa shape index (κ1) is 19.5. The fourth-order valence-corrected chi connectivity index (χ4v) is 2.84. The van der Waals surface area contributed by atoms with E-state index in [1.54, 1.807) is 0 Å². The maximum Gasteiger partial charge on any atom is 0.416 e. The number of anilines is 1. The average Bonchev–Trinajstić information content (AvgIpc) is 2.55. The summed E-state index contributed by atoms with van der Waals surface area (Å²) < 4.78 is 43.5. The maximum absolute atomic E-state index is 12.7. The van der Waals surface area contributed by atoms with Crippen LogP contribution < -0.4 is 10.6 Å². The number of nitrogens with zero attached hydrogens (tertiary/aromatic N) is 1. The van der Waals surface area contributed by atoms with E-state index in [0.29, 0.717) is 25.7 Å². The molecule has 1 aliphatic heterocycles. The van der Waals surface area contributed by atoms with Crippen molar-refractivity contribution in [3.05, 3.63) is 29.8 Å². The number of benzene rings is 1. The van der Waals surface area contributed by atoms with Crippen molar-refractivity contribution >= 4 is 11.7 Å². The maximum atomic E-state index is 12.7. The zero-order valence-electron chi connectivity index (χ0n) is 14.4. The van der Waals surface area contributed by atoms with E-state index >= 15 is 0 Å². The molecule has 0 bridgehead atoms. The van der Waals surface area contributed by atoms with Crippen molar-refractivity contribution in [2.45, 2.75) is 26.1 Å². The van der Waals surface area contributed by atoms with Gasteiger partial charge in [-0.15, -0.1) is 0 Å². The van der Waals surface area contributed by atoms with Gasteiger partial charge in [0.25, 0.3) is 0 Å². The molecule has 1 aromatic carbocycles. The molecule has 1 fully saturated rings. The van der Waals surface area contributed by atoms with Crippen LogP contribution in [0.25, 0.3) is 0 Å². The number of nitrogens with one attached hydrogen (secondary N) is 2. The molecule has 1 heterocycles. The minimum absolute atomic E-state index is 0.111. The van der Waals surface area contributed by atoms with Crippen LogP contribution in [0.1, 0.15) is 19.4 Å². The van der Waals surface area contributed by atoms with Crippen molar-refractivity contribution in [3.8, 4) is 0 Å². The summed E-state index contributed by atoms with van der Waals surface area (Å²) in [6.07, 6.45) is -4.44. The number of ether oxygens (including phenoxy) is 1. The van der Waals surface area contributed by atoms with Crippen LogP contribution in [0.2, 0.25) is 0 Å². The number of morpholine rings is 1. The van der Waals surface area contributed by atoms with Crippen LogP contribution in [0.5, 0.6) is 0 Å². The molecule has 1 aliphatic rings. The summed E-state index contributed by atoms with van der Waals surface area (Å²) in [6.45, 7) is 7.51. The van der Waals surface area contributed by atoms with Gasteiger partial charge in [-0.1, -0.05) is 19.9 Å². The molecule has 2 N–H and O–H groups in total. The lowest BCUT2D eigenvalue weighted by atomic mass is 10.0. The summed E-state index contributed by atoms with van der Waals surface area (Å²) in [5.41, 5.74) is -0.682. The normalized spacial score (nSPS) is 17.4. The standard InChI is InChI=1S/C17H24F3N3O2/c1-12(2)15(23-6-8-25-9-7-23)11-21-16(24)22-14-5-3-4-13(10-14)17(18,19)20/h3-5,10,12,15H,6-9,11H2,1-2H3,(H2,21,22,24). The molecule has 0 aliphatic carbocycles.